The second-order valence-corrected chi connectivity index (χ2v) is 6.63. The maximum atomic E-state index is 12.4. The molecule has 2 saturated heterocycles. The largest absolute Gasteiger partial charge is 0.490 e. The van der Waals surface area contributed by atoms with Gasteiger partial charge < -0.3 is 25.3 Å². The van der Waals surface area contributed by atoms with Crippen LogP contribution in [0.2, 0.25) is 0 Å². The zero-order valence-corrected chi connectivity index (χ0v) is 14.0. The molecule has 11 heteroatoms. The highest BCUT2D eigenvalue weighted by atomic mass is 19.4. The van der Waals surface area contributed by atoms with Crippen molar-refractivity contribution in [1.29, 1.82) is 0 Å². The van der Waals surface area contributed by atoms with Gasteiger partial charge in [-0.1, -0.05) is 0 Å². The molecule has 8 nitrogen and oxygen atoms in total. The number of halogens is 3. The van der Waals surface area contributed by atoms with Crippen LogP contribution in [0.15, 0.2) is 0 Å². The molecule has 3 aliphatic rings. The SMILES string of the molecule is O=C(O)C(F)(F)F.O=C(O)C1CCC(N2CC3CNCCN3C2=O)CC1. The normalized spacial score (nSPS) is 28.9. The number of alkyl halides is 3. The standard InChI is InChI=1S/C13H21N3O3.C2HF3O2/c17-12(18)9-1-3-10(4-2-9)16-8-11-7-14-5-6-15(11)13(16)19;3-2(4,5)1(6)7/h9-11,14H,1-8H2,(H,17,18);(H,6,7). The molecule has 2 amide bonds. The summed E-state index contributed by atoms with van der Waals surface area (Å²) in [6, 6.07) is 0.706. The number of piperazine rings is 1. The fourth-order valence-corrected chi connectivity index (χ4v) is 3.59. The number of nitrogens with zero attached hydrogens (tertiary/aromatic N) is 2. The minimum absolute atomic E-state index is 0.158. The maximum Gasteiger partial charge on any atom is 0.490 e. The summed E-state index contributed by atoms with van der Waals surface area (Å²) in [6.45, 7) is 3.35. The number of carboxylic acids is 2. The van der Waals surface area contributed by atoms with E-state index in [1.54, 1.807) is 0 Å². The lowest BCUT2D eigenvalue weighted by atomic mass is 9.85. The van der Waals surface area contributed by atoms with Crippen molar-refractivity contribution < 1.29 is 37.8 Å². The molecule has 3 fully saturated rings. The predicted octanol–water partition coefficient (Wildman–Crippen LogP) is 0.973. The molecule has 0 aromatic rings. The summed E-state index contributed by atoms with van der Waals surface area (Å²) in [4.78, 5) is 36.2. The summed E-state index contributed by atoms with van der Waals surface area (Å²) in [5.74, 6) is -3.65. The van der Waals surface area contributed by atoms with Crippen molar-refractivity contribution in [3.05, 3.63) is 0 Å². The van der Waals surface area contributed by atoms with E-state index in [4.69, 9.17) is 15.0 Å². The van der Waals surface area contributed by atoms with Gasteiger partial charge in [0.15, 0.2) is 0 Å². The van der Waals surface area contributed by atoms with Gasteiger partial charge >= 0.3 is 24.1 Å². The third-order valence-electron chi connectivity index (χ3n) is 4.98. The molecule has 3 rings (SSSR count). The molecule has 0 radical (unpaired) electrons. The quantitative estimate of drug-likeness (QED) is 0.658. The highest BCUT2D eigenvalue weighted by molar-refractivity contribution is 5.78. The molecule has 3 N–H and O–H groups in total. The lowest BCUT2D eigenvalue weighted by Crippen LogP contribution is -2.50. The number of nitrogens with one attached hydrogen (secondary N) is 1. The van der Waals surface area contributed by atoms with Crippen molar-refractivity contribution in [3.63, 3.8) is 0 Å². The second-order valence-electron chi connectivity index (χ2n) is 6.63. The van der Waals surface area contributed by atoms with Crippen molar-refractivity contribution in [1.82, 2.24) is 15.1 Å². The molecule has 26 heavy (non-hydrogen) atoms. The van der Waals surface area contributed by atoms with Gasteiger partial charge in [-0.3, -0.25) is 4.79 Å². The van der Waals surface area contributed by atoms with E-state index in [0.717, 1.165) is 39.0 Å². The highest BCUT2D eigenvalue weighted by Crippen LogP contribution is 2.31. The van der Waals surface area contributed by atoms with Gasteiger partial charge in [0.2, 0.25) is 0 Å². The maximum absolute atomic E-state index is 12.4. The summed E-state index contributed by atoms with van der Waals surface area (Å²) >= 11 is 0. The lowest BCUT2D eigenvalue weighted by molar-refractivity contribution is -0.192. The first-order chi connectivity index (χ1) is 12.1. The Labute approximate surface area is 147 Å². The summed E-state index contributed by atoms with van der Waals surface area (Å²) in [6.07, 6.45) is -2.02. The number of fused-ring (bicyclic) bond motifs is 1. The number of amides is 2. The smallest absolute Gasteiger partial charge is 0.481 e. The molecule has 2 aliphatic heterocycles. The molecule has 0 aromatic carbocycles. The zero-order chi connectivity index (χ0) is 19.5. The van der Waals surface area contributed by atoms with Crippen LogP contribution in [0.3, 0.4) is 0 Å². The van der Waals surface area contributed by atoms with Crippen LogP contribution in [0.5, 0.6) is 0 Å². The van der Waals surface area contributed by atoms with E-state index in [1.807, 2.05) is 9.80 Å². The fraction of sp³-hybridized carbons (Fsp3) is 0.800. The molecule has 1 saturated carbocycles. The van der Waals surface area contributed by atoms with Gasteiger partial charge in [0.1, 0.15) is 0 Å². The molecule has 0 bridgehead atoms. The van der Waals surface area contributed by atoms with Crippen LogP contribution in [-0.2, 0) is 9.59 Å². The number of carbonyl (C=O) groups excluding carboxylic acids is 1. The van der Waals surface area contributed by atoms with Crippen molar-refractivity contribution >= 4 is 18.0 Å². The second kappa shape index (κ2) is 8.11. The molecule has 1 atom stereocenters. The molecular weight excluding hydrogens is 359 g/mol. The average Bonchev–Trinajstić information content (AvgIpc) is 2.92. The van der Waals surface area contributed by atoms with Gasteiger partial charge in [0, 0.05) is 32.2 Å². The predicted molar refractivity (Wildman–Crippen MR) is 82.5 cm³/mol. The van der Waals surface area contributed by atoms with Gasteiger partial charge in [-0.05, 0) is 25.7 Å². The number of carboxylic acid groups (broad SMARTS) is 2. The van der Waals surface area contributed by atoms with Gasteiger partial charge in [-0.2, -0.15) is 13.2 Å². The Hall–Kier alpha value is -2.04. The molecular formula is C15H22F3N3O5. The van der Waals surface area contributed by atoms with Crippen molar-refractivity contribution in [2.75, 3.05) is 26.2 Å². The van der Waals surface area contributed by atoms with Gasteiger partial charge in [0.25, 0.3) is 0 Å². The number of urea groups is 1. The first kappa shape index (κ1) is 20.3. The number of rotatable bonds is 2. The monoisotopic (exact) mass is 381 g/mol. The van der Waals surface area contributed by atoms with Crippen LogP contribution in [0.25, 0.3) is 0 Å². The molecule has 148 valence electrons. The van der Waals surface area contributed by atoms with Crippen LogP contribution in [0.1, 0.15) is 25.7 Å². The molecule has 2 heterocycles. The van der Waals surface area contributed by atoms with E-state index in [0.29, 0.717) is 18.9 Å². The van der Waals surface area contributed by atoms with E-state index in [2.05, 4.69) is 5.32 Å². The van der Waals surface area contributed by atoms with E-state index in [-0.39, 0.29) is 18.0 Å². The van der Waals surface area contributed by atoms with Crippen LogP contribution in [0, 0.1) is 5.92 Å². The number of hydrogen-bond acceptors (Lipinski definition) is 4. The van der Waals surface area contributed by atoms with Crippen molar-refractivity contribution in [3.8, 4) is 0 Å². The first-order valence-electron chi connectivity index (χ1n) is 8.42. The Balaban J connectivity index is 0.000000298. The van der Waals surface area contributed by atoms with Crippen LogP contribution in [0.4, 0.5) is 18.0 Å². The van der Waals surface area contributed by atoms with Crippen molar-refractivity contribution in [2.24, 2.45) is 5.92 Å². The average molecular weight is 381 g/mol. The third kappa shape index (κ3) is 4.77. The molecule has 0 aromatic heterocycles. The van der Waals surface area contributed by atoms with E-state index < -0.39 is 18.1 Å². The summed E-state index contributed by atoms with van der Waals surface area (Å²) in [5, 5.41) is 19.5. The Morgan fingerprint density at radius 1 is 1.04 bits per heavy atom. The zero-order valence-electron chi connectivity index (χ0n) is 14.0. The number of carbonyl (C=O) groups is 3. The first-order valence-corrected chi connectivity index (χ1v) is 8.42. The van der Waals surface area contributed by atoms with Crippen LogP contribution < -0.4 is 5.32 Å². The third-order valence-corrected chi connectivity index (χ3v) is 4.98. The number of hydrogen-bond donors (Lipinski definition) is 3. The summed E-state index contributed by atoms with van der Waals surface area (Å²) in [7, 11) is 0. The van der Waals surface area contributed by atoms with Crippen LogP contribution in [-0.4, -0.2) is 82.4 Å². The highest BCUT2D eigenvalue weighted by Gasteiger charge is 2.42. The number of aliphatic carboxylic acids is 2. The minimum Gasteiger partial charge on any atom is -0.481 e. The Morgan fingerprint density at radius 3 is 2.08 bits per heavy atom. The van der Waals surface area contributed by atoms with E-state index >= 15 is 0 Å². The topological polar surface area (TPSA) is 110 Å². The van der Waals surface area contributed by atoms with Gasteiger partial charge in [-0.15, -0.1) is 0 Å². The van der Waals surface area contributed by atoms with Gasteiger partial charge in [0.05, 0.1) is 12.0 Å². The Kier molecular flexibility index (Phi) is 6.32. The fourth-order valence-electron chi connectivity index (χ4n) is 3.59. The lowest BCUT2D eigenvalue weighted by Gasteiger charge is -2.33. The Morgan fingerprint density at radius 2 is 1.62 bits per heavy atom. The minimum atomic E-state index is -5.08. The van der Waals surface area contributed by atoms with E-state index in [1.165, 1.54) is 0 Å². The van der Waals surface area contributed by atoms with Crippen LogP contribution >= 0.6 is 0 Å². The Bertz CT molecular complexity index is 549. The summed E-state index contributed by atoms with van der Waals surface area (Å²) < 4.78 is 31.7. The van der Waals surface area contributed by atoms with Crippen molar-refractivity contribution in [2.45, 2.75) is 43.9 Å². The molecule has 1 aliphatic carbocycles. The molecule has 1 unspecified atom stereocenters. The van der Waals surface area contributed by atoms with E-state index in [9.17, 15) is 22.8 Å². The summed E-state index contributed by atoms with van der Waals surface area (Å²) in [5.41, 5.74) is 0. The van der Waals surface area contributed by atoms with Gasteiger partial charge in [-0.25, -0.2) is 9.59 Å². The molecule has 0 spiro atoms.